The number of amides is 1. The predicted molar refractivity (Wildman–Crippen MR) is 81.0 cm³/mol. The number of nitrogens with zero attached hydrogens (tertiary/aromatic N) is 1. The zero-order valence-electron chi connectivity index (χ0n) is 9.65. The second-order valence-electron chi connectivity index (χ2n) is 3.76. The Kier molecular flexibility index (Phi) is 4.35. The van der Waals surface area contributed by atoms with Crippen molar-refractivity contribution in [3.05, 3.63) is 62.5 Å². The molecule has 19 heavy (non-hydrogen) atoms. The molecule has 0 heterocycles. The molecule has 3 nitrogen and oxygen atoms in total. The van der Waals surface area contributed by atoms with E-state index in [9.17, 15) is 4.79 Å². The molecule has 0 aliphatic heterocycles. The Morgan fingerprint density at radius 2 is 1.68 bits per heavy atom. The maximum absolute atomic E-state index is 12.0. The molecule has 0 unspecified atom stereocenters. The van der Waals surface area contributed by atoms with Crippen LogP contribution in [0.25, 0.3) is 0 Å². The van der Waals surface area contributed by atoms with Crippen LogP contribution in [0.2, 0.25) is 0 Å². The number of anilines is 1. The molecule has 5 heteroatoms. The van der Waals surface area contributed by atoms with E-state index in [1.54, 1.807) is 42.5 Å². The number of carbonyl (C=O) groups excluding carboxylic acids is 1. The van der Waals surface area contributed by atoms with Crippen molar-refractivity contribution in [2.45, 2.75) is 0 Å². The van der Waals surface area contributed by atoms with Gasteiger partial charge in [0.05, 0.1) is 11.3 Å². The molecule has 0 radical (unpaired) electrons. The molecule has 0 bridgehead atoms. The van der Waals surface area contributed by atoms with Crippen LogP contribution < -0.4 is 5.32 Å². The summed E-state index contributed by atoms with van der Waals surface area (Å²) in [5.74, 6) is -0.244. The quantitative estimate of drug-likeness (QED) is 0.843. The van der Waals surface area contributed by atoms with E-state index in [-0.39, 0.29) is 5.91 Å². The molecule has 0 fully saturated rings. The molecule has 2 aromatic rings. The number of hydrogen-bond acceptors (Lipinski definition) is 2. The van der Waals surface area contributed by atoms with Crippen LogP contribution in [0.4, 0.5) is 5.69 Å². The van der Waals surface area contributed by atoms with Crippen molar-refractivity contribution >= 4 is 43.5 Å². The highest BCUT2D eigenvalue weighted by Gasteiger charge is 2.09. The van der Waals surface area contributed by atoms with Gasteiger partial charge in [-0.2, -0.15) is 5.26 Å². The monoisotopic (exact) mass is 378 g/mol. The number of rotatable bonds is 2. The lowest BCUT2D eigenvalue weighted by molar-refractivity contribution is 0.102. The van der Waals surface area contributed by atoms with E-state index in [2.05, 4.69) is 43.2 Å². The highest BCUT2D eigenvalue weighted by Crippen LogP contribution is 2.21. The number of hydrogen-bond donors (Lipinski definition) is 1. The standard InChI is InChI=1S/C14H8Br2N2O/c15-11-3-1-9(2-4-11)14(19)18-13-6-5-12(16)7-10(13)8-17/h1-7H,(H,18,19). The van der Waals surface area contributed by atoms with E-state index in [4.69, 9.17) is 5.26 Å². The van der Waals surface area contributed by atoms with E-state index in [1.807, 2.05) is 0 Å². The van der Waals surface area contributed by atoms with Gasteiger partial charge in [0, 0.05) is 14.5 Å². The Bertz CT molecular complexity index is 660. The fraction of sp³-hybridized carbons (Fsp3) is 0. The van der Waals surface area contributed by atoms with Gasteiger partial charge in [0.25, 0.3) is 5.91 Å². The van der Waals surface area contributed by atoms with Gasteiger partial charge in [0.15, 0.2) is 0 Å². The van der Waals surface area contributed by atoms with Gasteiger partial charge in [0.2, 0.25) is 0 Å². The van der Waals surface area contributed by atoms with Crippen LogP contribution >= 0.6 is 31.9 Å². The van der Waals surface area contributed by atoms with E-state index in [0.29, 0.717) is 16.8 Å². The smallest absolute Gasteiger partial charge is 0.255 e. The summed E-state index contributed by atoms with van der Waals surface area (Å²) in [6, 6.07) is 14.2. The highest BCUT2D eigenvalue weighted by molar-refractivity contribution is 9.10. The third-order valence-electron chi connectivity index (χ3n) is 2.46. The molecule has 0 spiro atoms. The molecule has 0 aliphatic carbocycles. The van der Waals surface area contributed by atoms with Crippen LogP contribution in [0.5, 0.6) is 0 Å². The summed E-state index contributed by atoms with van der Waals surface area (Å²) in [4.78, 5) is 12.0. The first-order valence-corrected chi connectivity index (χ1v) is 6.95. The Labute approximate surface area is 127 Å². The molecule has 94 valence electrons. The highest BCUT2D eigenvalue weighted by atomic mass is 79.9. The van der Waals surface area contributed by atoms with Crippen LogP contribution in [0, 0.1) is 11.3 Å². The van der Waals surface area contributed by atoms with Gasteiger partial charge in [-0.05, 0) is 42.5 Å². The summed E-state index contributed by atoms with van der Waals surface area (Å²) in [7, 11) is 0. The third kappa shape index (κ3) is 3.43. The summed E-state index contributed by atoms with van der Waals surface area (Å²) in [6.07, 6.45) is 0. The zero-order chi connectivity index (χ0) is 13.8. The lowest BCUT2D eigenvalue weighted by Crippen LogP contribution is -2.12. The first-order valence-electron chi connectivity index (χ1n) is 5.37. The van der Waals surface area contributed by atoms with Crippen molar-refractivity contribution in [2.75, 3.05) is 5.32 Å². The van der Waals surface area contributed by atoms with Crippen LogP contribution in [-0.4, -0.2) is 5.91 Å². The van der Waals surface area contributed by atoms with Gasteiger partial charge in [-0.25, -0.2) is 0 Å². The molecule has 2 rings (SSSR count). The van der Waals surface area contributed by atoms with Crippen molar-refractivity contribution in [3.63, 3.8) is 0 Å². The van der Waals surface area contributed by atoms with Gasteiger partial charge in [-0.3, -0.25) is 4.79 Å². The van der Waals surface area contributed by atoms with Crippen molar-refractivity contribution in [1.29, 1.82) is 5.26 Å². The number of carbonyl (C=O) groups is 1. The van der Waals surface area contributed by atoms with Gasteiger partial charge >= 0.3 is 0 Å². The average Bonchev–Trinajstić information content (AvgIpc) is 2.41. The summed E-state index contributed by atoms with van der Waals surface area (Å²) in [6.45, 7) is 0. The minimum atomic E-state index is -0.244. The molecule has 0 aliphatic rings. The molecule has 0 atom stereocenters. The molecule has 1 amide bonds. The number of benzene rings is 2. The van der Waals surface area contributed by atoms with Crippen molar-refractivity contribution in [3.8, 4) is 6.07 Å². The van der Waals surface area contributed by atoms with E-state index in [1.165, 1.54) is 0 Å². The molecule has 1 N–H and O–H groups in total. The fourth-order valence-electron chi connectivity index (χ4n) is 1.51. The van der Waals surface area contributed by atoms with Gasteiger partial charge in [-0.15, -0.1) is 0 Å². The van der Waals surface area contributed by atoms with Crippen molar-refractivity contribution in [2.24, 2.45) is 0 Å². The van der Waals surface area contributed by atoms with Gasteiger partial charge in [0.1, 0.15) is 6.07 Å². The first-order chi connectivity index (χ1) is 9.10. The Morgan fingerprint density at radius 1 is 1.05 bits per heavy atom. The molecule has 0 saturated carbocycles. The molecule has 0 aromatic heterocycles. The van der Waals surface area contributed by atoms with Gasteiger partial charge in [-0.1, -0.05) is 31.9 Å². The van der Waals surface area contributed by atoms with E-state index < -0.39 is 0 Å². The van der Waals surface area contributed by atoms with Crippen LogP contribution in [-0.2, 0) is 0 Å². The molecule has 0 saturated heterocycles. The second kappa shape index (κ2) is 6.00. The number of halogens is 2. The lowest BCUT2D eigenvalue weighted by Gasteiger charge is -2.07. The lowest BCUT2D eigenvalue weighted by atomic mass is 10.1. The zero-order valence-corrected chi connectivity index (χ0v) is 12.8. The van der Waals surface area contributed by atoms with Crippen LogP contribution in [0.1, 0.15) is 15.9 Å². The molecular weight excluding hydrogens is 372 g/mol. The van der Waals surface area contributed by atoms with Crippen LogP contribution in [0.3, 0.4) is 0 Å². The third-order valence-corrected chi connectivity index (χ3v) is 3.48. The van der Waals surface area contributed by atoms with Crippen molar-refractivity contribution in [1.82, 2.24) is 0 Å². The number of nitriles is 1. The van der Waals surface area contributed by atoms with E-state index >= 15 is 0 Å². The predicted octanol–water partition coefficient (Wildman–Crippen LogP) is 4.34. The topological polar surface area (TPSA) is 52.9 Å². The summed E-state index contributed by atoms with van der Waals surface area (Å²) in [5.41, 5.74) is 1.45. The normalized spacial score (nSPS) is 9.74. The van der Waals surface area contributed by atoms with Gasteiger partial charge < -0.3 is 5.32 Å². The maximum atomic E-state index is 12.0. The first kappa shape index (κ1) is 13.8. The van der Waals surface area contributed by atoms with Crippen molar-refractivity contribution < 1.29 is 4.79 Å². The second-order valence-corrected chi connectivity index (χ2v) is 5.59. The van der Waals surface area contributed by atoms with E-state index in [0.717, 1.165) is 8.95 Å². The summed E-state index contributed by atoms with van der Waals surface area (Å²) < 4.78 is 1.70. The average molecular weight is 380 g/mol. The Balaban J connectivity index is 2.24. The largest absolute Gasteiger partial charge is 0.321 e. The fourth-order valence-corrected chi connectivity index (χ4v) is 2.14. The Hall–Kier alpha value is -1.64. The van der Waals surface area contributed by atoms with Crippen LogP contribution in [0.15, 0.2) is 51.4 Å². The number of nitrogens with one attached hydrogen (secondary N) is 1. The summed E-state index contributed by atoms with van der Waals surface area (Å²) in [5, 5.41) is 11.8. The minimum Gasteiger partial charge on any atom is -0.321 e. The Morgan fingerprint density at radius 3 is 2.32 bits per heavy atom. The minimum absolute atomic E-state index is 0.244. The maximum Gasteiger partial charge on any atom is 0.255 e. The summed E-state index contributed by atoms with van der Waals surface area (Å²) >= 11 is 6.60. The molecular formula is C14H8Br2N2O. The SMILES string of the molecule is N#Cc1cc(Br)ccc1NC(=O)c1ccc(Br)cc1. The molecule has 2 aromatic carbocycles.